The number of rotatable bonds is 6. The van der Waals surface area contributed by atoms with Crippen LogP contribution in [0, 0.1) is 12.3 Å². The number of terminal acetylenes is 1. The molecule has 0 spiro atoms. The van der Waals surface area contributed by atoms with Crippen LogP contribution in [0.3, 0.4) is 0 Å². The summed E-state index contributed by atoms with van der Waals surface area (Å²) in [5, 5.41) is 0. The van der Waals surface area contributed by atoms with Gasteiger partial charge in [0.2, 0.25) is 0 Å². The zero-order valence-corrected chi connectivity index (χ0v) is 11.7. The van der Waals surface area contributed by atoms with E-state index in [0.717, 1.165) is 18.7 Å². The highest BCUT2D eigenvalue weighted by molar-refractivity contribution is 5.99. The molecule has 0 radical (unpaired) electrons. The molecule has 0 fully saturated rings. The van der Waals surface area contributed by atoms with Crippen molar-refractivity contribution in [3.63, 3.8) is 0 Å². The number of carbonyl (C=O) groups is 1. The van der Waals surface area contributed by atoms with Crippen LogP contribution >= 0.6 is 0 Å². The summed E-state index contributed by atoms with van der Waals surface area (Å²) in [6.07, 6.45) is 6.59. The minimum absolute atomic E-state index is 0.133. The molecule has 0 saturated heterocycles. The van der Waals surface area contributed by atoms with Crippen molar-refractivity contribution in [3.8, 4) is 23.8 Å². The first kappa shape index (κ1) is 14.4. The lowest BCUT2D eigenvalue weighted by Gasteiger charge is -2.17. The maximum absolute atomic E-state index is 11.7. The predicted molar refractivity (Wildman–Crippen MR) is 77.3 cm³/mol. The standard InChI is InChI=1S/C16H19NO3/c1-3-8-17(2)9-4-10-19-13-5-6-14-15(18)7-11-20-16(14)12-13/h1,5-6,12H,4,7-11H2,2H3. The van der Waals surface area contributed by atoms with E-state index >= 15 is 0 Å². The second kappa shape index (κ2) is 6.97. The summed E-state index contributed by atoms with van der Waals surface area (Å²) in [6, 6.07) is 5.38. The molecule has 4 nitrogen and oxygen atoms in total. The molecule has 106 valence electrons. The van der Waals surface area contributed by atoms with Crippen LogP contribution in [0.4, 0.5) is 0 Å². The molecular weight excluding hydrogens is 254 g/mol. The van der Waals surface area contributed by atoms with E-state index in [-0.39, 0.29) is 5.78 Å². The number of ketones is 1. The summed E-state index contributed by atoms with van der Waals surface area (Å²) >= 11 is 0. The van der Waals surface area contributed by atoms with E-state index in [9.17, 15) is 4.79 Å². The Labute approximate surface area is 119 Å². The molecule has 2 rings (SSSR count). The van der Waals surface area contributed by atoms with Gasteiger partial charge < -0.3 is 9.47 Å². The summed E-state index contributed by atoms with van der Waals surface area (Å²) in [5.41, 5.74) is 0.650. The number of carbonyl (C=O) groups excluding carboxylic acids is 1. The highest BCUT2D eigenvalue weighted by atomic mass is 16.5. The fraction of sp³-hybridized carbons (Fsp3) is 0.438. The molecule has 0 aromatic heterocycles. The topological polar surface area (TPSA) is 38.8 Å². The number of nitrogens with zero attached hydrogens (tertiary/aromatic N) is 1. The normalized spacial score (nSPS) is 13.6. The highest BCUT2D eigenvalue weighted by Gasteiger charge is 2.18. The Morgan fingerprint density at radius 1 is 1.50 bits per heavy atom. The van der Waals surface area contributed by atoms with Gasteiger partial charge in [-0.3, -0.25) is 9.69 Å². The summed E-state index contributed by atoms with van der Waals surface area (Å²) in [7, 11) is 1.98. The Bertz CT molecular complexity index is 519. The van der Waals surface area contributed by atoms with Crippen molar-refractivity contribution in [2.75, 3.05) is 33.4 Å². The first-order chi connectivity index (χ1) is 9.70. The van der Waals surface area contributed by atoms with Gasteiger partial charge in [-0.25, -0.2) is 0 Å². The number of hydrogen-bond acceptors (Lipinski definition) is 4. The van der Waals surface area contributed by atoms with E-state index in [1.54, 1.807) is 12.1 Å². The lowest BCUT2D eigenvalue weighted by atomic mass is 10.1. The molecule has 0 N–H and O–H groups in total. The molecule has 0 unspecified atom stereocenters. The Hall–Kier alpha value is -1.99. The Morgan fingerprint density at radius 2 is 2.35 bits per heavy atom. The van der Waals surface area contributed by atoms with Gasteiger partial charge in [0.25, 0.3) is 0 Å². The van der Waals surface area contributed by atoms with Crippen molar-refractivity contribution in [1.29, 1.82) is 0 Å². The third-order valence-electron chi connectivity index (χ3n) is 3.15. The fourth-order valence-corrected chi connectivity index (χ4v) is 2.09. The zero-order chi connectivity index (χ0) is 14.4. The molecule has 0 amide bonds. The highest BCUT2D eigenvalue weighted by Crippen LogP contribution is 2.29. The van der Waals surface area contributed by atoms with Crippen molar-refractivity contribution in [1.82, 2.24) is 4.90 Å². The summed E-state index contributed by atoms with van der Waals surface area (Å²) in [4.78, 5) is 13.7. The quantitative estimate of drug-likeness (QED) is 0.587. The molecule has 0 atom stereocenters. The molecule has 1 heterocycles. The molecule has 1 aromatic rings. The lowest BCUT2D eigenvalue weighted by molar-refractivity contribution is 0.0933. The van der Waals surface area contributed by atoms with Crippen LogP contribution in [0.5, 0.6) is 11.5 Å². The van der Waals surface area contributed by atoms with Gasteiger partial charge in [0.05, 0.1) is 25.3 Å². The zero-order valence-electron chi connectivity index (χ0n) is 11.7. The van der Waals surface area contributed by atoms with Gasteiger partial charge in [0.15, 0.2) is 5.78 Å². The van der Waals surface area contributed by atoms with Crippen LogP contribution in [-0.2, 0) is 0 Å². The average molecular weight is 273 g/mol. The largest absolute Gasteiger partial charge is 0.493 e. The van der Waals surface area contributed by atoms with Gasteiger partial charge in [0.1, 0.15) is 11.5 Å². The minimum atomic E-state index is 0.133. The van der Waals surface area contributed by atoms with Crippen LogP contribution in [0.15, 0.2) is 18.2 Å². The number of hydrogen-bond donors (Lipinski definition) is 0. The number of Topliss-reactive ketones (excluding diaryl/α,β-unsaturated/α-hetero) is 1. The maximum Gasteiger partial charge on any atom is 0.169 e. The van der Waals surface area contributed by atoms with Gasteiger partial charge in [0, 0.05) is 19.0 Å². The Morgan fingerprint density at radius 3 is 3.15 bits per heavy atom. The van der Waals surface area contributed by atoms with Crippen molar-refractivity contribution in [2.45, 2.75) is 12.8 Å². The summed E-state index contributed by atoms with van der Waals surface area (Å²) in [6.45, 7) is 2.60. The molecule has 0 bridgehead atoms. The van der Waals surface area contributed by atoms with E-state index < -0.39 is 0 Å². The van der Waals surface area contributed by atoms with Gasteiger partial charge in [-0.2, -0.15) is 0 Å². The summed E-state index contributed by atoms with van der Waals surface area (Å²) < 4.78 is 11.1. The second-order valence-electron chi connectivity index (χ2n) is 4.82. The van der Waals surface area contributed by atoms with E-state index in [4.69, 9.17) is 15.9 Å². The molecular formula is C16H19NO3. The molecule has 0 aliphatic carbocycles. The number of ether oxygens (including phenoxy) is 2. The van der Waals surface area contributed by atoms with E-state index in [1.807, 2.05) is 13.1 Å². The Kier molecular flexibility index (Phi) is 5.03. The fourth-order valence-electron chi connectivity index (χ4n) is 2.09. The van der Waals surface area contributed by atoms with Crippen LogP contribution in [-0.4, -0.2) is 44.0 Å². The third-order valence-corrected chi connectivity index (χ3v) is 3.15. The number of benzene rings is 1. The average Bonchev–Trinajstić information content (AvgIpc) is 2.44. The molecule has 4 heteroatoms. The summed E-state index contributed by atoms with van der Waals surface area (Å²) in [5.74, 6) is 4.10. The van der Waals surface area contributed by atoms with Crippen LogP contribution in [0.2, 0.25) is 0 Å². The van der Waals surface area contributed by atoms with Crippen molar-refractivity contribution in [3.05, 3.63) is 23.8 Å². The minimum Gasteiger partial charge on any atom is -0.493 e. The smallest absolute Gasteiger partial charge is 0.169 e. The SMILES string of the molecule is C#CCN(C)CCCOc1ccc2c(c1)OCCC2=O. The predicted octanol–water partition coefficient (Wildman–Crippen LogP) is 1.99. The van der Waals surface area contributed by atoms with Crippen LogP contribution in [0.1, 0.15) is 23.2 Å². The van der Waals surface area contributed by atoms with Gasteiger partial charge in [-0.05, 0) is 25.6 Å². The van der Waals surface area contributed by atoms with Crippen LogP contribution in [0.25, 0.3) is 0 Å². The number of fused-ring (bicyclic) bond motifs is 1. The van der Waals surface area contributed by atoms with E-state index in [0.29, 0.717) is 37.5 Å². The molecule has 1 aliphatic rings. The third kappa shape index (κ3) is 3.75. The molecule has 1 aliphatic heterocycles. The first-order valence-corrected chi connectivity index (χ1v) is 6.75. The van der Waals surface area contributed by atoms with Crippen molar-refractivity contribution >= 4 is 5.78 Å². The van der Waals surface area contributed by atoms with E-state index in [2.05, 4.69) is 10.8 Å². The molecule has 1 aromatic carbocycles. The lowest BCUT2D eigenvalue weighted by Crippen LogP contribution is -2.21. The molecule has 20 heavy (non-hydrogen) atoms. The van der Waals surface area contributed by atoms with Crippen LogP contribution < -0.4 is 9.47 Å². The maximum atomic E-state index is 11.7. The van der Waals surface area contributed by atoms with Crippen molar-refractivity contribution < 1.29 is 14.3 Å². The molecule has 0 saturated carbocycles. The van der Waals surface area contributed by atoms with Gasteiger partial charge in [-0.15, -0.1) is 6.42 Å². The Balaban J connectivity index is 1.82. The first-order valence-electron chi connectivity index (χ1n) is 6.75. The van der Waals surface area contributed by atoms with Gasteiger partial charge >= 0.3 is 0 Å². The van der Waals surface area contributed by atoms with E-state index in [1.165, 1.54) is 0 Å². The van der Waals surface area contributed by atoms with Crippen molar-refractivity contribution in [2.24, 2.45) is 0 Å². The monoisotopic (exact) mass is 273 g/mol. The van der Waals surface area contributed by atoms with Gasteiger partial charge in [-0.1, -0.05) is 5.92 Å². The second-order valence-corrected chi connectivity index (χ2v) is 4.82.